The zero-order chi connectivity index (χ0) is 12.5. The van der Waals surface area contributed by atoms with Crippen LogP contribution in [0.3, 0.4) is 0 Å². The molecule has 96 valence electrons. The van der Waals surface area contributed by atoms with E-state index >= 15 is 0 Å². The largest absolute Gasteiger partial charge is 0.325 e. The van der Waals surface area contributed by atoms with Gasteiger partial charge < -0.3 is 5.73 Å². The first-order valence-electron chi connectivity index (χ1n) is 6.86. The van der Waals surface area contributed by atoms with Gasteiger partial charge in [0.2, 0.25) is 0 Å². The number of nitrogens with zero attached hydrogens (tertiary/aromatic N) is 2. The van der Waals surface area contributed by atoms with Crippen LogP contribution in [-0.4, -0.2) is 15.3 Å². The SMILES string of the molecule is CCc1cc(CC2(N)CCCCC2C)n(C)n1. The number of aromatic nitrogens is 2. The Morgan fingerprint density at radius 3 is 2.88 bits per heavy atom. The van der Waals surface area contributed by atoms with Crippen molar-refractivity contribution in [1.82, 2.24) is 9.78 Å². The van der Waals surface area contributed by atoms with Crippen molar-refractivity contribution in [2.45, 2.75) is 57.9 Å². The van der Waals surface area contributed by atoms with Crippen LogP contribution in [0.25, 0.3) is 0 Å². The Morgan fingerprint density at radius 1 is 1.53 bits per heavy atom. The first kappa shape index (κ1) is 12.6. The van der Waals surface area contributed by atoms with Gasteiger partial charge in [0.15, 0.2) is 0 Å². The molecule has 1 fully saturated rings. The van der Waals surface area contributed by atoms with Gasteiger partial charge in [-0.1, -0.05) is 26.7 Å². The lowest BCUT2D eigenvalue weighted by atomic mass is 9.72. The summed E-state index contributed by atoms with van der Waals surface area (Å²) in [6.07, 6.45) is 7.01. The molecule has 1 aliphatic rings. The summed E-state index contributed by atoms with van der Waals surface area (Å²) in [7, 11) is 2.03. The van der Waals surface area contributed by atoms with Crippen LogP contribution in [0.4, 0.5) is 0 Å². The molecule has 1 aromatic rings. The lowest BCUT2D eigenvalue weighted by molar-refractivity contribution is 0.201. The van der Waals surface area contributed by atoms with Crippen molar-refractivity contribution in [1.29, 1.82) is 0 Å². The molecule has 1 saturated carbocycles. The maximum absolute atomic E-state index is 6.61. The van der Waals surface area contributed by atoms with Crippen molar-refractivity contribution >= 4 is 0 Å². The minimum Gasteiger partial charge on any atom is -0.325 e. The fraction of sp³-hybridized carbons (Fsp3) is 0.786. The molecule has 2 rings (SSSR count). The highest BCUT2D eigenvalue weighted by Gasteiger charge is 2.35. The summed E-state index contributed by atoms with van der Waals surface area (Å²) >= 11 is 0. The molecular weight excluding hydrogens is 210 g/mol. The van der Waals surface area contributed by atoms with Gasteiger partial charge in [-0.05, 0) is 31.2 Å². The summed E-state index contributed by atoms with van der Waals surface area (Å²) in [5, 5.41) is 4.51. The normalized spacial score (nSPS) is 29.5. The summed E-state index contributed by atoms with van der Waals surface area (Å²) < 4.78 is 2.01. The van der Waals surface area contributed by atoms with Crippen LogP contribution in [0.5, 0.6) is 0 Å². The van der Waals surface area contributed by atoms with Gasteiger partial charge in [0.25, 0.3) is 0 Å². The molecule has 0 saturated heterocycles. The minimum atomic E-state index is -0.0168. The molecule has 3 nitrogen and oxygen atoms in total. The van der Waals surface area contributed by atoms with E-state index in [1.807, 2.05) is 11.7 Å². The molecule has 2 unspecified atom stereocenters. The topological polar surface area (TPSA) is 43.8 Å². The first-order valence-corrected chi connectivity index (χ1v) is 6.86. The van der Waals surface area contributed by atoms with E-state index in [2.05, 4.69) is 25.0 Å². The van der Waals surface area contributed by atoms with E-state index in [4.69, 9.17) is 5.73 Å². The number of nitrogens with two attached hydrogens (primary N) is 1. The Morgan fingerprint density at radius 2 is 2.29 bits per heavy atom. The Labute approximate surface area is 104 Å². The average molecular weight is 235 g/mol. The zero-order valence-electron chi connectivity index (χ0n) is 11.4. The smallest absolute Gasteiger partial charge is 0.0624 e. The second kappa shape index (κ2) is 4.81. The minimum absolute atomic E-state index is 0.0168. The van der Waals surface area contributed by atoms with Crippen LogP contribution in [0.1, 0.15) is 50.9 Å². The molecule has 0 bridgehead atoms. The number of hydrogen-bond donors (Lipinski definition) is 1. The van der Waals surface area contributed by atoms with Gasteiger partial charge in [-0.15, -0.1) is 0 Å². The third-order valence-electron chi connectivity index (χ3n) is 4.41. The van der Waals surface area contributed by atoms with Crippen molar-refractivity contribution < 1.29 is 0 Å². The van der Waals surface area contributed by atoms with Crippen LogP contribution in [-0.2, 0) is 19.9 Å². The predicted octanol–water partition coefficient (Wildman–Crippen LogP) is 2.43. The van der Waals surface area contributed by atoms with Crippen molar-refractivity contribution in [3.05, 3.63) is 17.5 Å². The second-order valence-corrected chi connectivity index (χ2v) is 5.66. The maximum Gasteiger partial charge on any atom is 0.0624 e. The molecule has 0 radical (unpaired) electrons. The summed E-state index contributed by atoms with van der Waals surface area (Å²) in [6.45, 7) is 4.45. The van der Waals surface area contributed by atoms with E-state index < -0.39 is 0 Å². The zero-order valence-corrected chi connectivity index (χ0v) is 11.4. The molecule has 2 atom stereocenters. The molecule has 0 aromatic carbocycles. The van der Waals surface area contributed by atoms with Crippen LogP contribution >= 0.6 is 0 Å². The highest BCUT2D eigenvalue weighted by atomic mass is 15.3. The van der Waals surface area contributed by atoms with E-state index in [9.17, 15) is 0 Å². The standard InChI is InChI=1S/C14H25N3/c1-4-12-9-13(17(3)16-12)10-14(15)8-6-5-7-11(14)2/h9,11H,4-8,10,15H2,1-3H3. The molecule has 2 N–H and O–H groups in total. The molecule has 0 amide bonds. The average Bonchev–Trinajstić information content (AvgIpc) is 2.64. The van der Waals surface area contributed by atoms with Crippen molar-refractivity contribution in [3.63, 3.8) is 0 Å². The quantitative estimate of drug-likeness (QED) is 0.874. The molecule has 0 aliphatic heterocycles. The summed E-state index contributed by atoms with van der Waals surface area (Å²) in [5.41, 5.74) is 9.06. The van der Waals surface area contributed by atoms with Gasteiger partial charge in [0.05, 0.1) is 5.69 Å². The van der Waals surface area contributed by atoms with E-state index in [-0.39, 0.29) is 5.54 Å². The molecule has 1 heterocycles. The van der Waals surface area contributed by atoms with Crippen molar-refractivity contribution in [2.24, 2.45) is 18.7 Å². The Bertz CT molecular complexity index is 383. The van der Waals surface area contributed by atoms with Crippen molar-refractivity contribution in [2.75, 3.05) is 0 Å². The summed E-state index contributed by atoms with van der Waals surface area (Å²) in [4.78, 5) is 0. The number of hydrogen-bond acceptors (Lipinski definition) is 2. The van der Waals surface area contributed by atoms with E-state index in [0.717, 1.165) is 19.3 Å². The predicted molar refractivity (Wildman–Crippen MR) is 70.8 cm³/mol. The third kappa shape index (κ3) is 2.54. The van der Waals surface area contributed by atoms with E-state index in [0.29, 0.717) is 5.92 Å². The maximum atomic E-state index is 6.61. The monoisotopic (exact) mass is 235 g/mol. The first-order chi connectivity index (χ1) is 8.05. The van der Waals surface area contributed by atoms with E-state index in [1.54, 1.807) is 0 Å². The summed E-state index contributed by atoms with van der Waals surface area (Å²) in [6, 6.07) is 2.22. The molecular formula is C14H25N3. The number of rotatable bonds is 3. The van der Waals surface area contributed by atoms with Gasteiger partial charge in [-0.3, -0.25) is 4.68 Å². The van der Waals surface area contributed by atoms with Crippen LogP contribution < -0.4 is 5.73 Å². The van der Waals surface area contributed by atoms with Crippen LogP contribution in [0.2, 0.25) is 0 Å². The van der Waals surface area contributed by atoms with Gasteiger partial charge >= 0.3 is 0 Å². The van der Waals surface area contributed by atoms with Gasteiger partial charge in [0, 0.05) is 24.7 Å². The van der Waals surface area contributed by atoms with Gasteiger partial charge in [0.1, 0.15) is 0 Å². The lowest BCUT2D eigenvalue weighted by Crippen LogP contribution is -2.50. The highest BCUT2D eigenvalue weighted by Crippen LogP contribution is 2.34. The Hall–Kier alpha value is -0.830. The van der Waals surface area contributed by atoms with Gasteiger partial charge in [-0.2, -0.15) is 5.10 Å². The Kier molecular flexibility index (Phi) is 3.57. The van der Waals surface area contributed by atoms with E-state index in [1.165, 1.54) is 30.7 Å². The second-order valence-electron chi connectivity index (χ2n) is 5.66. The highest BCUT2D eigenvalue weighted by molar-refractivity contribution is 5.14. The third-order valence-corrected chi connectivity index (χ3v) is 4.41. The van der Waals surface area contributed by atoms with Crippen molar-refractivity contribution in [3.8, 4) is 0 Å². The fourth-order valence-corrected chi connectivity index (χ4v) is 2.95. The molecule has 17 heavy (non-hydrogen) atoms. The summed E-state index contributed by atoms with van der Waals surface area (Å²) in [5.74, 6) is 0.622. The molecule has 1 aromatic heterocycles. The molecule has 0 spiro atoms. The molecule has 3 heteroatoms. The fourth-order valence-electron chi connectivity index (χ4n) is 2.95. The van der Waals surface area contributed by atoms with Crippen LogP contribution in [0.15, 0.2) is 6.07 Å². The number of aryl methyl sites for hydroxylation is 2. The lowest BCUT2D eigenvalue weighted by Gasteiger charge is -2.39. The van der Waals surface area contributed by atoms with Crippen LogP contribution in [0, 0.1) is 5.92 Å². The Balaban J connectivity index is 2.15. The van der Waals surface area contributed by atoms with Gasteiger partial charge in [-0.25, -0.2) is 0 Å². The molecule has 1 aliphatic carbocycles.